The summed E-state index contributed by atoms with van der Waals surface area (Å²) in [7, 11) is 0. The van der Waals surface area contributed by atoms with Crippen LogP contribution in [0.15, 0.2) is 58.5 Å². The molecule has 2 N–H and O–H groups in total. The maximum atomic E-state index is 11.1. The van der Waals surface area contributed by atoms with Gasteiger partial charge in [-0.3, -0.25) is 9.98 Å². The second kappa shape index (κ2) is 12.4. The zero-order valence-electron chi connectivity index (χ0n) is 26.1. The molecule has 214 valence electrons. The van der Waals surface area contributed by atoms with E-state index < -0.39 is 0 Å². The predicted molar refractivity (Wildman–Crippen MR) is 172 cm³/mol. The first-order chi connectivity index (χ1) is 18.6. The van der Waals surface area contributed by atoms with Crippen LogP contribution in [-0.2, 0) is 23.7 Å². The number of aliphatic imine (C=N–C) groups is 2. The first-order valence-electron chi connectivity index (χ1n) is 14.5. The van der Waals surface area contributed by atoms with E-state index in [-0.39, 0.29) is 22.3 Å². The number of hydrogen-bond acceptors (Lipinski definition) is 4. The molecule has 0 aliphatic carbocycles. The molecule has 0 unspecified atom stereocenters. The Morgan fingerprint density at radius 3 is 1.27 bits per heavy atom. The van der Waals surface area contributed by atoms with Gasteiger partial charge in [0.15, 0.2) is 0 Å². The fourth-order valence-corrected chi connectivity index (χ4v) is 4.92. The van der Waals surface area contributed by atoms with E-state index in [4.69, 9.17) is 9.98 Å². The zero-order valence-corrected chi connectivity index (χ0v) is 26.1. The number of para-hydroxylation sites is 2. The average molecular weight is 541 g/mol. The van der Waals surface area contributed by atoms with Crippen LogP contribution in [0.5, 0.6) is 11.5 Å². The van der Waals surface area contributed by atoms with Gasteiger partial charge < -0.3 is 10.2 Å². The summed E-state index contributed by atoms with van der Waals surface area (Å²) in [5.74, 6) is 1.55. The number of nitrogens with zero attached hydrogens (tertiary/aromatic N) is 2. The molecule has 0 atom stereocenters. The van der Waals surface area contributed by atoms with Crippen molar-refractivity contribution < 1.29 is 10.2 Å². The Labute approximate surface area is 241 Å². The molecule has 0 aliphatic rings. The minimum atomic E-state index is -0.195. The summed E-state index contributed by atoms with van der Waals surface area (Å²) < 4.78 is 0. The maximum absolute atomic E-state index is 11.1. The molecule has 0 saturated heterocycles. The lowest BCUT2D eigenvalue weighted by Gasteiger charge is -2.23. The SMILES string of the molecule is CC(C)Cc1cc(C=Nc2ccccc2N=Cc2cc(CC(C)C)cc(C(C)(C)C)c2O)c(O)c(C(C)(C)C)c1. The molecule has 3 aromatic rings. The standard InChI is InChI=1S/C36H48N2O2/c1-23(2)15-25-17-27(33(39)29(19-25)35(5,6)7)21-37-31-13-11-12-14-32(31)38-22-28-18-26(16-24(3)4)20-30(34(28)40)36(8,9)10/h11-14,17-24,39-40H,15-16H2,1-10H3. The van der Waals surface area contributed by atoms with Crippen LogP contribution in [0.4, 0.5) is 11.4 Å². The Kier molecular flexibility index (Phi) is 9.66. The monoisotopic (exact) mass is 540 g/mol. The summed E-state index contributed by atoms with van der Waals surface area (Å²) in [6, 6.07) is 16.0. The Morgan fingerprint density at radius 2 is 0.975 bits per heavy atom. The molecular weight excluding hydrogens is 492 g/mol. The minimum Gasteiger partial charge on any atom is -0.507 e. The van der Waals surface area contributed by atoms with E-state index in [2.05, 4.69) is 81.4 Å². The molecule has 0 saturated carbocycles. The third kappa shape index (κ3) is 8.06. The van der Waals surface area contributed by atoms with Gasteiger partial charge >= 0.3 is 0 Å². The van der Waals surface area contributed by atoms with Crippen LogP contribution in [0.25, 0.3) is 0 Å². The first kappa shape index (κ1) is 31.1. The molecule has 4 nitrogen and oxygen atoms in total. The molecule has 3 rings (SSSR count). The lowest BCUT2D eigenvalue weighted by molar-refractivity contribution is 0.444. The van der Waals surface area contributed by atoms with E-state index in [0.29, 0.717) is 34.3 Å². The molecule has 0 spiro atoms. The number of hydrogen-bond donors (Lipinski definition) is 2. The largest absolute Gasteiger partial charge is 0.507 e. The van der Waals surface area contributed by atoms with Gasteiger partial charge in [-0.05, 0) is 70.9 Å². The first-order valence-corrected chi connectivity index (χ1v) is 14.5. The lowest BCUT2D eigenvalue weighted by atomic mass is 9.83. The van der Waals surface area contributed by atoms with E-state index in [9.17, 15) is 10.2 Å². The molecule has 0 amide bonds. The second-order valence-electron chi connectivity index (χ2n) is 13.9. The highest BCUT2D eigenvalue weighted by Crippen LogP contribution is 2.37. The number of phenolic OH excluding ortho intramolecular Hbond substituents is 2. The highest BCUT2D eigenvalue weighted by atomic mass is 16.3. The topological polar surface area (TPSA) is 65.2 Å². The van der Waals surface area contributed by atoms with Gasteiger partial charge in [-0.2, -0.15) is 0 Å². The summed E-state index contributed by atoms with van der Waals surface area (Å²) in [4.78, 5) is 9.54. The Hall–Kier alpha value is -3.40. The summed E-state index contributed by atoms with van der Waals surface area (Å²) in [5, 5.41) is 22.3. The Bertz CT molecular complexity index is 1280. The van der Waals surface area contributed by atoms with Crippen LogP contribution in [0.3, 0.4) is 0 Å². The smallest absolute Gasteiger partial charge is 0.128 e. The van der Waals surface area contributed by atoms with Crippen LogP contribution in [-0.4, -0.2) is 22.6 Å². The Balaban J connectivity index is 2.04. The summed E-state index contributed by atoms with van der Waals surface area (Å²) in [6.07, 6.45) is 5.34. The molecule has 4 heteroatoms. The van der Waals surface area contributed by atoms with E-state index in [1.807, 2.05) is 36.4 Å². The number of aromatic hydroxyl groups is 2. The van der Waals surface area contributed by atoms with Crippen molar-refractivity contribution in [3.63, 3.8) is 0 Å². The second-order valence-corrected chi connectivity index (χ2v) is 13.9. The molecule has 0 bridgehead atoms. The number of phenols is 2. The molecule has 40 heavy (non-hydrogen) atoms. The molecule has 0 heterocycles. The van der Waals surface area contributed by atoms with Gasteiger partial charge in [-0.15, -0.1) is 0 Å². The van der Waals surface area contributed by atoms with Crippen molar-refractivity contribution in [2.75, 3.05) is 0 Å². The zero-order chi connectivity index (χ0) is 29.8. The van der Waals surface area contributed by atoms with Crippen molar-refractivity contribution in [3.05, 3.63) is 81.9 Å². The predicted octanol–water partition coefficient (Wildman–Crippen LogP) is 9.59. The molecule has 3 aromatic carbocycles. The van der Waals surface area contributed by atoms with Crippen LogP contribution in [0, 0.1) is 11.8 Å². The van der Waals surface area contributed by atoms with Crippen molar-refractivity contribution in [2.24, 2.45) is 21.8 Å². The van der Waals surface area contributed by atoms with Crippen LogP contribution >= 0.6 is 0 Å². The minimum absolute atomic E-state index is 0.195. The normalized spacial score (nSPS) is 12.9. The summed E-state index contributed by atoms with van der Waals surface area (Å²) in [6.45, 7) is 21.5. The van der Waals surface area contributed by atoms with Gasteiger partial charge in [0.05, 0.1) is 11.4 Å². The lowest BCUT2D eigenvalue weighted by Crippen LogP contribution is -2.13. The maximum Gasteiger partial charge on any atom is 0.128 e. The average Bonchev–Trinajstić information content (AvgIpc) is 2.82. The highest BCUT2D eigenvalue weighted by molar-refractivity contribution is 5.90. The van der Waals surface area contributed by atoms with Gasteiger partial charge in [0, 0.05) is 34.7 Å². The van der Waals surface area contributed by atoms with Gasteiger partial charge in [-0.1, -0.05) is 93.5 Å². The van der Waals surface area contributed by atoms with Crippen molar-refractivity contribution in [3.8, 4) is 11.5 Å². The van der Waals surface area contributed by atoms with E-state index in [0.717, 1.165) is 24.0 Å². The van der Waals surface area contributed by atoms with E-state index in [1.165, 1.54) is 11.1 Å². The number of rotatable bonds is 8. The van der Waals surface area contributed by atoms with Gasteiger partial charge in [-0.25, -0.2) is 0 Å². The fourth-order valence-electron chi connectivity index (χ4n) is 4.92. The van der Waals surface area contributed by atoms with E-state index >= 15 is 0 Å². The van der Waals surface area contributed by atoms with Gasteiger partial charge in [0.25, 0.3) is 0 Å². The third-order valence-electron chi connectivity index (χ3n) is 6.87. The van der Waals surface area contributed by atoms with Crippen LogP contribution < -0.4 is 0 Å². The molecule has 0 fully saturated rings. The number of benzene rings is 3. The molecular formula is C36H48N2O2. The highest BCUT2D eigenvalue weighted by Gasteiger charge is 2.22. The van der Waals surface area contributed by atoms with Crippen molar-refractivity contribution in [2.45, 2.75) is 92.9 Å². The molecule has 0 radical (unpaired) electrons. The van der Waals surface area contributed by atoms with E-state index in [1.54, 1.807) is 12.4 Å². The van der Waals surface area contributed by atoms with Crippen molar-refractivity contribution in [1.29, 1.82) is 0 Å². The third-order valence-corrected chi connectivity index (χ3v) is 6.87. The van der Waals surface area contributed by atoms with Gasteiger partial charge in [0.1, 0.15) is 11.5 Å². The summed E-state index contributed by atoms with van der Waals surface area (Å²) >= 11 is 0. The quantitative estimate of drug-likeness (QED) is 0.279. The van der Waals surface area contributed by atoms with Crippen LogP contribution in [0.2, 0.25) is 0 Å². The van der Waals surface area contributed by atoms with Crippen molar-refractivity contribution in [1.82, 2.24) is 0 Å². The molecule has 0 aromatic heterocycles. The van der Waals surface area contributed by atoms with Crippen LogP contribution in [0.1, 0.15) is 103 Å². The van der Waals surface area contributed by atoms with Gasteiger partial charge in [0.2, 0.25) is 0 Å². The molecule has 0 aliphatic heterocycles. The van der Waals surface area contributed by atoms with Crippen molar-refractivity contribution >= 4 is 23.8 Å². The Morgan fingerprint density at radius 1 is 0.625 bits per heavy atom. The summed E-state index contributed by atoms with van der Waals surface area (Å²) in [5.41, 5.74) is 6.63. The fraction of sp³-hybridized carbons (Fsp3) is 0.444.